The fraction of sp³-hybridized carbons (Fsp3) is 0.938. The molecular weight excluding hydrogens is 222 g/mol. The lowest BCUT2D eigenvalue weighted by Gasteiger charge is -2.36. The molecule has 0 radical (unpaired) electrons. The Morgan fingerprint density at radius 2 is 1.89 bits per heavy atom. The predicted octanol–water partition coefficient (Wildman–Crippen LogP) is 3.26. The van der Waals surface area contributed by atoms with Crippen molar-refractivity contribution in [3.8, 4) is 0 Å². The summed E-state index contributed by atoms with van der Waals surface area (Å²) in [5.74, 6) is 3.14. The number of carbonyl (C=O) groups is 1. The minimum atomic E-state index is -0.0954. The number of Topliss-reactive ketones (excluding diaryl/α,β-unsaturated/α-hetero) is 1. The molecule has 0 aromatic rings. The van der Waals surface area contributed by atoms with Crippen LogP contribution >= 0.6 is 0 Å². The van der Waals surface area contributed by atoms with Crippen molar-refractivity contribution in [1.29, 1.82) is 0 Å². The Bertz CT molecular complexity index is 330. The second kappa shape index (κ2) is 4.63. The van der Waals surface area contributed by atoms with Gasteiger partial charge in [-0.2, -0.15) is 0 Å². The third kappa shape index (κ3) is 1.93. The van der Waals surface area contributed by atoms with Crippen LogP contribution in [0.3, 0.4) is 0 Å². The van der Waals surface area contributed by atoms with Gasteiger partial charge in [-0.05, 0) is 64.0 Å². The third-order valence-electron chi connectivity index (χ3n) is 6.14. The monoisotopic (exact) mass is 249 g/mol. The number of nitrogens with zero attached hydrogens (tertiary/aromatic N) is 1. The van der Waals surface area contributed by atoms with Crippen molar-refractivity contribution in [2.24, 2.45) is 17.8 Å². The molecule has 3 unspecified atom stereocenters. The lowest BCUT2D eigenvalue weighted by atomic mass is 9.79. The average molecular weight is 249 g/mol. The molecule has 0 amide bonds. The smallest absolute Gasteiger partial charge is 0.153 e. The zero-order valence-electron chi connectivity index (χ0n) is 12.0. The first-order chi connectivity index (χ1) is 8.62. The standard InChI is InChI=1S/C16H27NO/c1-17(2)16(7-3-4-8-16)15(18)11-14-10-12-5-6-13(14)9-12/h12-14H,3-11H2,1-2H3. The van der Waals surface area contributed by atoms with E-state index in [-0.39, 0.29) is 5.54 Å². The molecule has 3 aliphatic rings. The van der Waals surface area contributed by atoms with Crippen LogP contribution in [0, 0.1) is 17.8 Å². The van der Waals surface area contributed by atoms with Gasteiger partial charge < -0.3 is 0 Å². The van der Waals surface area contributed by atoms with Gasteiger partial charge >= 0.3 is 0 Å². The van der Waals surface area contributed by atoms with E-state index >= 15 is 0 Å². The topological polar surface area (TPSA) is 20.3 Å². The summed E-state index contributed by atoms with van der Waals surface area (Å²) in [4.78, 5) is 15.0. The van der Waals surface area contributed by atoms with Gasteiger partial charge in [0.25, 0.3) is 0 Å². The molecule has 3 aliphatic carbocycles. The summed E-state index contributed by atoms with van der Waals surface area (Å²) in [5.41, 5.74) is -0.0954. The van der Waals surface area contributed by atoms with Gasteiger partial charge in [-0.15, -0.1) is 0 Å². The number of ketones is 1. The highest BCUT2D eigenvalue weighted by molar-refractivity contribution is 5.89. The predicted molar refractivity (Wildman–Crippen MR) is 73.4 cm³/mol. The van der Waals surface area contributed by atoms with E-state index in [0.29, 0.717) is 5.78 Å². The van der Waals surface area contributed by atoms with Gasteiger partial charge in [0.05, 0.1) is 5.54 Å². The number of hydrogen-bond donors (Lipinski definition) is 0. The first kappa shape index (κ1) is 12.7. The lowest BCUT2D eigenvalue weighted by molar-refractivity contribution is -0.131. The number of likely N-dealkylation sites (N-methyl/N-ethyl adjacent to an activating group) is 1. The molecule has 0 aliphatic heterocycles. The zero-order valence-corrected chi connectivity index (χ0v) is 12.0. The van der Waals surface area contributed by atoms with Crippen LogP contribution in [0.5, 0.6) is 0 Å². The van der Waals surface area contributed by atoms with Crippen molar-refractivity contribution in [3.05, 3.63) is 0 Å². The van der Waals surface area contributed by atoms with Crippen LogP contribution in [0.25, 0.3) is 0 Å². The minimum Gasteiger partial charge on any atom is -0.298 e. The molecule has 0 saturated heterocycles. The van der Waals surface area contributed by atoms with Crippen LogP contribution in [0.1, 0.15) is 57.8 Å². The molecule has 3 atom stereocenters. The van der Waals surface area contributed by atoms with Crippen LogP contribution in [-0.2, 0) is 4.79 Å². The second-order valence-electron chi connectivity index (χ2n) is 7.20. The molecule has 102 valence electrons. The van der Waals surface area contributed by atoms with Crippen LogP contribution < -0.4 is 0 Å². The van der Waals surface area contributed by atoms with E-state index in [1.165, 1.54) is 38.5 Å². The summed E-state index contributed by atoms with van der Waals surface area (Å²) in [5, 5.41) is 0. The highest BCUT2D eigenvalue weighted by Crippen LogP contribution is 2.50. The molecule has 2 heteroatoms. The van der Waals surface area contributed by atoms with Gasteiger partial charge in [-0.25, -0.2) is 0 Å². The van der Waals surface area contributed by atoms with Crippen molar-refractivity contribution in [1.82, 2.24) is 4.90 Å². The van der Waals surface area contributed by atoms with Crippen LogP contribution in [-0.4, -0.2) is 30.3 Å². The van der Waals surface area contributed by atoms with Crippen LogP contribution in [0.4, 0.5) is 0 Å². The Morgan fingerprint density at radius 3 is 2.39 bits per heavy atom. The van der Waals surface area contributed by atoms with Crippen molar-refractivity contribution < 1.29 is 4.79 Å². The molecule has 3 rings (SSSR count). The molecule has 0 spiro atoms. The number of carbonyl (C=O) groups excluding carboxylic acids is 1. The Kier molecular flexibility index (Phi) is 3.25. The van der Waals surface area contributed by atoms with Crippen LogP contribution in [0.15, 0.2) is 0 Å². The summed E-state index contributed by atoms with van der Waals surface area (Å²) >= 11 is 0. The molecule has 0 aromatic heterocycles. The molecule has 2 nitrogen and oxygen atoms in total. The van der Waals surface area contributed by atoms with Gasteiger partial charge in [0.1, 0.15) is 0 Å². The van der Waals surface area contributed by atoms with E-state index < -0.39 is 0 Å². The first-order valence-corrected chi connectivity index (χ1v) is 7.82. The summed E-state index contributed by atoms with van der Waals surface area (Å²) in [6, 6.07) is 0. The number of rotatable bonds is 4. The van der Waals surface area contributed by atoms with E-state index in [0.717, 1.165) is 37.0 Å². The lowest BCUT2D eigenvalue weighted by Crippen LogP contribution is -2.49. The van der Waals surface area contributed by atoms with Gasteiger partial charge in [0.15, 0.2) is 5.78 Å². The van der Waals surface area contributed by atoms with Crippen molar-refractivity contribution >= 4 is 5.78 Å². The minimum absolute atomic E-state index is 0.0954. The molecule has 18 heavy (non-hydrogen) atoms. The van der Waals surface area contributed by atoms with E-state index in [9.17, 15) is 4.79 Å². The highest BCUT2D eigenvalue weighted by atomic mass is 16.1. The quantitative estimate of drug-likeness (QED) is 0.762. The molecule has 0 N–H and O–H groups in total. The van der Waals surface area contributed by atoms with E-state index in [2.05, 4.69) is 19.0 Å². The summed E-state index contributed by atoms with van der Waals surface area (Å²) in [6.45, 7) is 0. The molecule has 2 bridgehead atoms. The zero-order chi connectivity index (χ0) is 12.8. The largest absolute Gasteiger partial charge is 0.298 e. The van der Waals surface area contributed by atoms with Gasteiger partial charge in [-0.1, -0.05) is 19.3 Å². The molecular formula is C16H27NO. The number of hydrogen-bond acceptors (Lipinski definition) is 2. The summed E-state index contributed by atoms with van der Waals surface area (Å²) in [6.07, 6.45) is 11.2. The third-order valence-corrected chi connectivity index (χ3v) is 6.14. The molecule has 3 saturated carbocycles. The van der Waals surface area contributed by atoms with Crippen molar-refractivity contribution in [2.75, 3.05) is 14.1 Å². The fourth-order valence-electron chi connectivity index (χ4n) is 4.99. The molecule has 0 heterocycles. The maximum absolute atomic E-state index is 12.8. The normalized spacial score (nSPS) is 37.6. The van der Waals surface area contributed by atoms with Gasteiger partial charge in [0, 0.05) is 6.42 Å². The van der Waals surface area contributed by atoms with E-state index in [4.69, 9.17) is 0 Å². The summed E-state index contributed by atoms with van der Waals surface area (Å²) < 4.78 is 0. The maximum Gasteiger partial charge on any atom is 0.153 e. The molecule has 0 aromatic carbocycles. The van der Waals surface area contributed by atoms with Crippen molar-refractivity contribution in [3.63, 3.8) is 0 Å². The van der Waals surface area contributed by atoms with E-state index in [1.54, 1.807) is 0 Å². The summed E-state index contributed by atoms with van der Waals surface area (Å²) in [7, 11) is 4.20. The number of fused-ring (bicyclic) bond motifs is 2. The van der Waals surface area contributed by atoms with Gasteiger partial charge in [0.2, 0.25) is 0 Å². The Labute approximate surface area is 111 Å². The molecule has 3 fully saturated rings. The Balaban J connectivity index is 1.67. The van der Waals surface area contributed by atoms with Gasteiger partial charge in [-0.3, -0.25) is 9.69 Å². The van der Waals surface area contributed by atoms with E-state index in [1.807, 2.05) is 0 Å². The fourth-order valence-corrected chi connectivity index (χ4v) is 4.99. The van der Waals surface area contributed by atoms with Crippen LogP contribution in [0.2, 0.25) is 0 Å². The maximum atomic E-state index is 12.8. The first-order valence-electron chi connectivity index (χ1n) is 7.82. The highest BCUT2D eigenvalue weighted by Gasteiger charge is 2.46. The Hall–Kier alpha value is -0.370. The van der Waals surface area contributed by atoms with Crippen molar-refractivity contribution in [2.45, 2.75) is 63.3 Å². The SMILES string of the molecule is CN(C)C1(C(=O)CC2CC3CCC2C3)CCCC1. The second-order valence-corrected chi connectivity index (χ2v) is 7.20. The Morgan fingerprint density at radius 1 is 1.17 bits per heavy atom. The average Bonchev–Trinajstić information content (AvgIpc) is 3.05.